The van der Waals surface area contributed by atoms with Crippen molar-refractivity contribution in [3.8, 4) is 22.5 Å². The Morgan fingerprint density at radius 1 is 0.649 bits per heavy atom. The number of pyridine rings is 2. The Morgan fingerprint density at radius 2 is 1.35 bits per heavy atom. The smallest absolute Gasteiger partial charge is 0.0239 e. The van der Waals surface area contributed by atoms with Gasteiger partial charge in [0.05, 0.1) is 0 Å². The number of hydrogen-bond donors (Lipinski definition) is 0. The van der Waals surface area contributed by atoms with Crippen LogP contribution in [-0.4, -0.2) is 9.97 Å². The fraction of sp³-hybridized carbons (Fsp3) is 0.235. The van der Waals surface area contributed by atoms with Crippen molar-refractivity contribution < 1.29 is 20.1 Å². The normalized spacial score (nSPS) is 15.0. The van der Waals surface area contributed by atoms with Crippen LogP contribution < -0.4 is 0 Å². The van der Waals surface area contributed by atoms with E-state index in [1.807, 2.05) is 48.7 Å². The van der Waals surface area contributed by atoms with Crippen LogP contribution >= 0.6 is 0 Å². The summed E-state index contributed by atoms with van der Waals surface area (Å²) < 4.78 is 0. The maximum absolute atomic E-state index is 4.68. The van der Waals surface area contributed by atoms with E-state index in [-0.39, 0.29) is 30.9 Å². The first-order chi connectivity index (χ1) is 17.3. The van der Waals surface area contributed by atoms with E-state index in [4.69, 9.17) is 0 Å². The second-order valence-corrected chi connectivity index (χ2v) is 10.8. The van der Waals surface area contributed by atoms with Gasteiger partial charge in [0.1, 0.15) is 0 Å². The molecule has 0 saturated heterocycles. The maximum Gasteiger partial charge on any atom is 0.0239 e. The van der Waals surface area contributed by atoms with Gasteiger partial charge in [0.15, 0.2) is 0 Å². The van der Waals surface area contributed by atoms with E-state index in [0.717, 1.165) is 22.5 Å². The standard InChI is InChI=1S/C23H24N.C11H8N.Ir/c1-22(2)11-12-23(3,4)20-13-17(9-10-19(20)22)21-14-16-7-5-6-8-18(16)15-24-21;1-2-6-10(7-3-1)11-8-4-5-9-12-11;/h5-8,10,13-15H,11-12H2,1-4H3;1-6,8-9H;/q2*-1;. The summed E-state index contributed by atoms with van der Waals surface area (Å²) in [6.07, 6.45) is 6.21. The minimum Gasteiger partial charge on any atom is -0.305 e. The van der Waals surface area contributed by atoms with E-state index in [1.54, 1.807) is 6.20 Å². The molecule has 0 atom stereocenters. The molecule has 0 aliphatic heterocycles. The fourth-order valence-corrected chi connectivity index (χ4v) is 4.96. The third kappa shape index (κ3) is 5.90. The van der Waals surface area contributed by atoms with Crippen LogP contribution in [0.1, 0.15) is 51.7 Å². The van der Waals surface area contributed by atoms with Gasteiger partial charge in [-0.15, -0.1) is 70.8 Å². The average Bonchev–Trinajstić information content (AvgIpc) is 2.92. The monoisotopic (exact) mass is 661 g/mol. The Balaban J connectivity index is 0.000000208. The molecule has 0 spiro atoms. The zero-order chi connectivity index (χ0) is 25.2. The second-order valence-electron chi connectivity index (χ2n) is 10.8. The molecule has 1 radical (unpaired) electrons. The van der Waals surface area contributed by atoms with Crippen LogP contribution in [0, 0.1) is 12.1 Å². The van der Waals surface area contributed by atoms with Crippen LogP contribution in [0.15, 0.2) is 97.3 Å². The van der Waals surface area contributed by atoms with E-state index in [2.05, 4.69) is 92.3 Å². The number of rotatable bonds is 2. The van der Waals surface area contributed by atoms with Crippen molar-refractivity contribution in [3.05, 3.63) is 121 Å². The van der Waals surface area contributed by atoms with Crippen molar-refractivity contribution >= 4 is 10.8 Å². The minimum atomic E-state index is 0. The molecule has 2 nitrogen and oxygen atoms in total. The Kier molecular flexibility index (Phi) is 8.07. The molecule has 6 rings (SSSR count). The topological polar surface area (TPSA) is 25.8 Å². The van der Waals surface area contributed by atoms with E-state index < -0.39 is 0 Å². The van der Waals surface area contributed by atoms with Crippen LogP contribution in [0.5, 0.6) is 0 Å². The first kappa shape index (κ1) is 26.9. The van der Waals surface area contributed by atoms with E-state index in [1.165, 1.54) is 34.7 Å². The van der Waals surface area contributed by atoms with Crippen LogP contribution in [0.3, 0.4) is 0 Å². The predicted octanol–water partition coefficient (Wildman–Crippen LogP) is 8.60. The molecule has 1 aliphatic rings. The molecule has 0 unspecified atom stereocenters. The number of aromatic nitrogens is 2. The van der Waals surface area contributed by atoms with Crippen molar-refractivity contribution in [3.63, 3.8) is 0 Å². The van der Waals surface area contributed by atoms with Gasteiger partial charge in [-0.1, -0.05) is 76.6 Å². The molecule has 5 aromatic rings. The Morgan fingerprint density at radius 3 is 2.05 bits per heavy atom. The number of benzene rings is 3. The van der Waals surface area contributed by atoms with Crippen molar-refractivity contribution in [2.75, 3.05) is 0 Å². The summed E-state index contributed by atoms with van der Waals surface area (Å²) in [6, 6.07) is 35.4. The molecule has 0 amide bonds. The number of nitrogens with zero attached hydrogens (tertiary/aromatic N) is 2. The molecular formula is C34H32IrN2-2. The van der Waals surface area contributed by atoms with Crippen molar-refractivity contribution in [2.24, 2.45) is 0 Å². The molecule has 0 bridgehead atoms. The Hall–Kier alpha value is -3.13. The summed E-state index contributed by atoms with van der Waals surface area (Å²) in [7, 11) is 0. The van der Waals surface area contributed by atoms with Gasteiger partial charge in [-0.3, -0.25) is 0 Å². The van der Waals surface area contributed by atoms with Gasteiger partial charge in [0.25, 0.3) is 0 Å². The van der Waals surface area contributed by atoms with Gasteiger partial charge >= 0.3 is 0 Å². The third-order valence-electron chi connectivity index (χ3n) is 7.34. The summed E-state index contributed by atoms with van der Waals surface area (Å²) >= 11 is 0. The van der Waals surface area contributed by atoms with Gasteiger partial charge in [0, 0.05) is 32.5 Å². The second kappa shape index (κ2) is 11.1. The molecule has 0 saturated carbocycles. The number of hydrogen-bond acceptors (Lipinski definition) is 2. The van der Waals surface area contributed by atoms with Crippen LogP contribution in [-0.2, 0) is 30.9 Å². The summed E-state index contributed by atoms with van der Waals surface area (Å²) in [5, 5.41) is 2.41. The summed E-state index contributed by atoms with van der Waals surface area (Å²) in [5.74, 6) is 0. The molecular weight excluding hydrogens is 629 g/mol. The van der Waals surface area contributed by atoms with Crippen molar-refractivity contribution in [2.45, 2.75) is 51.4 Å². The largest absolute Gasteiger partial charge is 0.305 e. The minimum absolute atomic E-state index is 0. The van der Waals surface area contributed by atoms with Crippen LogP contribution in [0.4, 0.5) is 0 Å². The van der Waals surface area contributed by atoms with Crippen LogP contribution in [0.25, 0.3) is 33.3 Å². The first-order valence-corrected chi connectivity index (χ1v) is 12.6. The zero-order valence-corrected chi connectivity index (χ0v) is 24.3. The molecule has 0 N–H and O–H groups in total. The average molecular weight is 661 g/mol. The SMILES string of the molecule is CC1(C)CCC(C)(C)c2cc(-c3cc4ccccc4cn3)[c-]cc21.[Ir].[c-]1ccccc1-c1ccccn1. The van der Waals surface area contributed by atoms with Gasteiger partial charge in [-0.2, -0.15) is 0 Å². The Labute approximate surface area is 234 Å². The Bertz CT molecular complexity index is 1440. The fourth-order valence-electron chi connectivity index (χ4n) is 4.96. The molecule has 2 aromatic heterocycles. The summed E-state index contributed by atoms with van der Waals surface area (Å²) in [5.41, 5.74) is 7.48. The molecule has 3 aromatic carbocycles. The molecule has 2 heterocycles. The third-order valence-corrected chi connectivity index (χ3v) is 7.34. The molecule has 189 valence electrons. The summed E-state index contributed by atoms with van der Waals surface area (Å²) in [4.78, 5) is 8.90. The number of fused-ring (bicyclic) bond motifs is 2. The first-order valence-electron chi connectivity index (χ1n) is 12.6. The van der Waals surface area contributed by atoms with Gasteiger partial charge in [-0.25, -0.2) is 0 Å². The molecule has 37 heavy (non-hydrogen) atoms. The van der Waals surface area contributed by atoms with Crippen LogP contribution in [0.2, 0.25) is 0 Å². The van der Waals surface area contributed by atoms with E-state index in [9.17, 15) is 0 Å². The van der Waals surface area contributed by atoms with Gasteiger partial charge in [-0.05, 0) is 45.5 Å². The predicted molar refractivity (Wildman–Crippen MR) is 150 cm³/mol. The van der Waals surface area contributed by atoms with Crippen molar-refractivity contribution in [1.29, 1.82) is 0 Å². The molecule has 3 heteroatoms. The molecule has 0 fully saturated rings. The quantitative estimate of drug-likeness (QED) is 0.177. The van der Waals surface area contributed by atoms with Gasteiger partial charge < -0.3 is 9.97 Å². The van der Waals surface area contributed by atoms with Gasteiger partial charge in [0.2, 0.25) is 0 Å². The van der Waals surface area contributed by atoms with Crippen molar-refractivity contribution in [1.82, 2.24) is 9.97 Å². The van der Waals surface area contributed by atoms with E-state index in [0.29, 0.717) is 0 Å². The summed E-state index contributed by atoms with van der Waals surface area (Å²) in [6.45, 7) is 9.42. The zero-order valence-electron chi connectivity index (χ0n) is 21.9. The molecule has 1 aliphatic carbocycles. The van der Waals surface area contributed by atoms with E-state index >= 15 is 0 Å². The maximum atomic E-state index is 4.68.